The molecular formula is C47H83O16P. The van der Waals surface area contributed by atoms with Crippen molar-refractivity contribution in [3.8, 4) is 0 Å². The minimum absolute atomic E-state index is 0.0264. The van der Waals surface area contributed by atoms with Crippen molar-refractivity contribution in [2.45, 2.75) is 223 Å². The Morgan fingerprint density at radius 3 is 2.06 bits per heavy atom. The highest BCUT2D eigenvalue weighted by Gasteiger charge is 2.49. The van der Waals surface area contributed by atoms with Crippen LogP contribution in [0.25, 0.3) is 0 Å². The number of ether oxygens (including phenoxy) is 2. The summed E-state index contributed by atoms with van der Waals surface area (Å²) in [7, 11) is -5.44. The van der Waals surface area contributed by atoms with Crippen molar-refractivity contribution in [3.05, 3.63) is 36.5 Å². The number of aliphatic hydroxyl groups is 8. The molecule has 0 aromatic heterocycles. The number of carbonyl (C=O) groups is 2. The lowest BCUT2D eigenvalue weighted by Gasteiger charge is -2.37. The number of fused-ring (bicyclic) bond motifs is 4. The van der Waals surface area contributed by atoms with E-state index in [1.54, 1.807) is 12.2 Å². The Balaban J connectivity index is 2.20. The molecule has 1 aliphatic heterocycles. The smallest absolute Gasteiger partial charge is 0.462 e. The summed E-state index contributed by atoms with van der Waals surface area (Å²) >= 11 is 0. The molecule has 13 atom stereocenters. The SMILES string of the molecule is CCCCCC/C=C\CCCCCCCCCC(=O)O[C@@H]1COC(=O)CCC/C=C/C[C@@H]2[C@@H](O)[C@H](O)[C@@H](O)[C@H](OP(=O)(O)OC1)[C@H](O)[C@H](O)[C@@H](C=C[C@@H](O)CCCCC)[C@H](O)C[C@@H]2O. The average molecular weight is 935 g/mol. The molecule has 1 heterocycles. The number of esters is 2. The molecule has 0 aromatic rings. The summed E-state index contributed by atoms with van der Waals surface area (Å²) in [5.74, 6) is -4.04. The number of hydrogen-bond acceptors (Lipinski definition) is 15. The second kappa shape index (κ2) is 33.4. The summed E-state index contributed by atoms with van der Waals surface area (Å²) in [4.78, 5) is 36.5. The fourth-order valence-electron chi connectivity index (χ4n) is 7.98. The van der Waals surface area contributed by atoms with Crippen LogP contribution in [0.1, 0.15) is 162 Å². The lowest BCUT2D eigenvalue weighted by Crippen LogP contribution is -2.55. The molecule has 1 saturated carbocycles. The Morgan fingerprint density at radius 1 is 0.781 bits per heavy atom. The zero-order chi connectivity index (χ0) is 47.3. The molecule has 0 amide bonds. The first-order valence-electron chi connectivity index (χ1n) is 24.0. The van der Waals surface area contributed by atoms with Crippen molar-refractivity contribution in [1.82, 2.24) is 0 Å². The monoisotopic (exact) mass is 935 g/mol. The van der Waals surface area contributed by atoms with Gasteiger partial charge in [0.2, 0.25) is 0 Å². The average Bonchev–Trinajstić information content (AvgIpc) is 3.26. The van der Waals surface area contributed by atoms with Crippen LogP contribution < -0.4 is 0 Å². The Kier molecular flexibility index (Phi) is 30.3. The van der Waals surface area contributed by atoms with Crippen LogP contribution in [-0.2, 0) is 32.7 Å². The lowest BCUT2D eigenvalue weighted by molar-refractivity contribution is -0.167. The van der Waals surface area contributed by atoms with Crippen molar-refractivity contribution in [3.63, 3.8) is 0 Å². The van der Waals surface area contributed by atoms with Gasteiger partial charge < -0.3 is 55.2 Å². The molecule has 372 valence electrons. The normalized spacial score (nSPS) is 33.0. The summed E-state index contributed by atoms with van der Waals surface area (Å²) < 4.78 is 34.7. The van der Waals surface area contributed by atoms with Crippen molar-refractivity contribution >= 4 is 19.8 Å². The van der Waals surface area contributed by atoms with Gasteiger partial charge in [-0.25, -0.2) is 4.57 Å². The lowest BCUT2D eigenvalue weighted by atomic mass is 9.83. The first kappa shape index (κ1) is 58.1. The molecule has 1 unspecified atom stereocenters. The number of unbranched alkanes of at least 4 members (excludes halogenated alkanes) is 13. The van der Waals surface area contributed by atoms with Crippen LogP contribution in [0, 0.1) is 11.8 Å². The van der Waals surface area contributed by atoms with Gasteiger partial charge >= 0.3 is 19.8 Å². The minimum Gasteiger partial charge on any atom is -0.462 e. The molecule has 2 bridgehead atoms. The molecule has 1 fully saturated rings. The Bertz CT molecular complexity index is 1390. The Morgan fingerprint density at radius 2 is 1.39 bits per heavy atom. The maximum atomic E-state index is 13.5. The van der Waals surface area contributed by atoms with Crippen LogP contribution in [0.15, 0.2) is 36.5 Å². The summed E-state index contributed by atoms with van der Waals surface area (Å²) in [6, 6.07) is 0. The van der Waals surface area contributed by atoms with Crippen LogP contribution in [0.5, 0.6) is 0 Å². The topological polar surface area (TPSA) is 270 Å². The first-order chi connectivity index (χ1) is 30.6. The van der Waals surface area contributed by atoms with Crippen molar-refractivity contribution in [2.24, 2.45) is 11.8 Å². The highest BCUT2D eigenvalue weighted by Crippen LogP contribution is 2.47. The molecule has 64 heavy (non-hydrogen) atoms. The van der Waals surface area contributed by atoms with Gasteiger partial charge in [0.1, 0.15) is 31.0 Å². The molecule has 17 heteroatoms. The van der Waals surface area contributed by atoms with E-state index in [0.29, 0.717) is 32.1 Å². The van der Waals surface area contributed by atoms with E-state index in [1.807, 2.05) is 6.92 Å². The predicted octanol–water partition coefficient (Wildman–Crippen LogP) is 5.77. The second-order valence-electron chi connectivity index (χ2n) is 17.6. The van der Waals surface area contributed by atoms with Crippen molar-refractivity contribution in [1.29, 1.82) is 0 Å². The van der Waals surface area contributed by atoms with Crippen LogP contribution >= 0.6 is 7.82 Å². The third-order valence-corrected chi connectivity index (χ3v) is 13.0. The highest BCUT2D eigenvalue weighted by molar-refractivity contribution is 7.47. The minimum atomic E-state index is -5.44. The van der Waals surface area contributed by atoms with Gasteiger partial charge in [-0.1, -0.05) is 121 Å². The predicted molar refractivity (Wildman–Crippen MR) is 241 cm³/mol. The van der Waals surface area contributed by atoms with E-state index >= 15 is 0 Å². The molecule has 0 spiro atoms. The quantitative estimate of drug-likeness (QED) is 0.0270. The van der Waals surface area contributed by atoms with Gasteiger partial charge in [-0.15, -0.1) is 0 Å². The molecule has 0 aromatic carbocycles. The van der Waals surface area contributed by atoms with Gasteiger partial charge in [0.25, 0.3) is 0 Å². The maximum Gasteiger partial charge on any atom is 0.472 e. The number of rotatable bonds is 22. The van der Waals surface area contributed by atoms with E-state index in [0.717, 1.165) is 64.2 Å². The van der Waals surface area contributed by atoms with E-state index in [9.17, 15) is 59.9 Å². The summed E-state index contributed by atoms with van der Waals surface area (Å²) in [5.41, 5.74) is 0. The van der Waals surface area contributed by atoms with Gasteiger partial charge in [-0.05, 0) is 57.8 Å². The highest BCUT2D eigenvalue weighted by atomic mass is 31.2. The fraction of sp³-hybridized carbons (Fsp3) is 0.830. The largest absolute Gasteiger partial charge is 0.472 e. The van der Waals surface area contributed by atoms with Gasteiger partial charge in [0.15, 0.2) is 6.10 Å². The van der Waals surface area contributed by atoms with Crippen molar-refractivity contribution < 1.29 is 78.4 Å². The number of allylic oxidation sites excluding steroid dienone is 4. The Hall–Kier alpha value is -2.05. The summed E-state index contributed by atoms with van der Waals surface area (Å²) in [6.45, 7) is 2.81. The number of aliphatic hydroxyl groups excluding tert-OH is 8. The van der Waals surface area contributed by atoms with Gasteiger partial charge in [-0.2, -0.15) is 0 Å². The van der Waals surface area contributed by atoms with E-state index in [-0.39, 0.29) is 19.3 Å². The fourth-order valence-corrected chi connectivity index (χ4v) is 8.96. The van der Waals surface area contributed by atoms with E-state index < -0.39 is 112 Å². The molecule has 2 rings (SSSR count). The number of carbonyl (C=O) groups excluding carboxylic acids is 2. The molecule has 1 aliphatic carbocycles. The van der Waals surface area contributed by atoms with Gasteiger partial charge in [-0.3, -0.25) is 18.6 Å². The molecule has 0 radical (unpaired) electrons. The van der Waals surface area contributed by atoms with Crippen LogP contribution in [0.4, 0.5) is 0 Å². The molecule has 0 saturated heterocycles. The molecule has 2 aliphatic rings. The second-order valence-corrected chi connectivity index (χ2v) is 19.0. The van der Waals surface area contributed by atoms with Gasteiger partial charge in [0.05, 0.1) is 37.1 Å². The van der Waals surface area contributed by atoms with Crippen LogP contribution in [0.3, 0.4) is 0 Å². The summed E-state index contributed by atoms with van der Waals surface area (Å²) in [6.07, 6.45) is 8.04. The molecular weight excluding hydrogens is 851 g/mol. The van der Waals surface area contributed by atoms with E-state index in [1.165, 1.54) is 37.8 Å². The third kappa shape index (κ3) is 23.6. The third-order valence-electron chi connectivity index (χ3n) is 12.0. The Labute approximate surface area is 381 Å². The number of phosphoric ester groups is 1. The van der Waals surface area contributed by atoms with Gasteiger partial charge in [0, 0.05) is 31.1 Å². The van der Waals surface area contributed by atoms with E-state index in [4.69, 9.17) is 18.5 Å². The first-order valence-corrected chi connectivity index (χ1v) is 25.5. The maximum absolute atomic E-state index is 13.5. The van der Waals surface area contributed by atoms with Crippen molar-refractivity contribution in [2.75, 3.05) is 13.2 Å². The standard InChI is InChI=1S/C47H83O16P/c1-3-5-7-8-9-10-11-12-13-14-15-16-17-18-24-28-41(52)62-35-32-60-40(51)27-23-20-19-22-26-36-38(49)31-39(50)37(30-29-34(48)25-21-6-4-2)43(54)45(56)47(46(57)44(55)42(36)53)63-64(58,59)61-33-35/h10-11,19,22,29-30,34-39,42-50,53-57H,3-9,12-18,20-21,23-28,31-33H2,1-2H3,(H,58,59)/b11-10-,22-19+,30-29?/t34-,35+,36-,37-,38-,39+,42+,43+,44-,45+,46+,47+/m0/s1. The number of hydrogen-bond donors (Lipinski definition) is 9. The zero-order valence-corrected chi connectivity index (χ0v) is 39.3. The van der Waals surface area contributed by atoms with E-state index in [2.05, 4.69) is 19.1 Å². The van der Waals surface area contributed by atoms with Crippen LogP contribution in [0.2, 0.25) is 0 Å². The number of cyclic esters (lactones) is 1. The van der Waals surface area contributed by atoms with Crippen LogP contribution in [-0.4, -0.2) is 132 Å². The molecule has 9 N–H and O–H groups in total. The molecule has 16 nitrogen and oxygen atoms in total. The zero-order valence-electron chi connectivity index (χ0n) is 38.4. The summed E-state index contributed by atoms with van der Waals surface area (Å²) in [5, 5.41) is 90.1. The number of phosphoric acid groups is 1.